The molecule has 1 atom stereocenters. The molecule has 0 aliphatic carbocycles. The minimum atomic E-state index is -0.886. The van der Waals surface area contributed by atoms with Crippen LogP contribution in [0.15, 0.2) is 24.5 Å². The van der Waals surface area contributed by atoms with Crippen molar-refractivity contribution in [2.75, 3.05) is 0 Å². The van der Waals surface area contributed by atoms with Gasteiger partial charge in [0.05, 0.1) is 0 Å². The number of rotatable bonds is 5. The summed E-state index contributed by atoms with van der Waals surface area (Å²) in [5.41, 5.74) is 6.55. The third-order valence-corrected chi connectivity index (χ3v) is 2.91. The average Bonchev–Trinajstić information content (AvgIpc) is 2.80. The van der Waals surface area contributed by atoms with E-state index in [1.165, 1.54) is 12.4 Å². The molecule has 2 aromatic rings. The van der Waals surface area contributed by atoms with Crippen molar-refractivity contribution >= 4 is 0 Å². The zero-order chi connectivity index (χ0) is 13.8. The number of hydrogen-bond acceptors (Lipinski definition) is 3. The summed E-state index contributed by atoms with van der Waals surface area (Å²) in [6, 6.07) is 3.26. The molecule has 0 aliphatic rings. The number of nitrogens with two attached hydrogens (primary N) is 1. The van der Waals surface area contributed by atoms with Gasteiger partial charge in [-0.15, -0.1) is 0 Å². The van der Waals surface area contributed by atoms with Gasteiger partial charge in [0.15, 0.2) is 11.6 Å². The number of halogens is 2. The second-order valence-electron chi connectivity index (χ2n) is 4.38. The lowest BCUT2D eigenvalue weighted by Gasteiger charge is -2.12. The van der Waals surface area contributed by atoms with E-state index in [0.29, 0.717) is 12.0 Å². The van der Waals surface area contributed by atoms with Crippen LogP contribution in [-0.4, -0.2) is 14.8 Å². The van der Waals surface area contributed by atoms with E-state index < -0.39 is 17.7 Å². The zero-order valence-electron chi connectivity index (χ0n) is 10.7. The summed E-state index contributed by atoms with van der Waals surface area (Å²) in [4.78, 5) is 4.14. The van der Waals surface area contributed by atoms with Gasteiger partial charge in [-0.1, -0.05) is 13.0 Å². The summed E-state index contributed by atoms with van der Waals surface area (Å²) in [6.07, 6.45) is 2.85. The normalized spacial score (nSPS) is 12.6. The van der Waals surface area contributed by atoms with Crippen LogP contribution in [0.1, 0.15) is 30.8 Å². The molecular weight excluding hydrogens is 250 g/mol. The van der Waals surface area contributed by atoms with E-state index in [9.17, 15) is 8.78 Å². The molecule has 0 amide bonds. The third kappa shape index (κ3) is 3.14. The molecule has 19 heavy (non-hydrogen) atoms. The molecule has 6 heteroatoms. The summed E-state index contributed by atoms with van der Waals surface area (Å²) in [5, 5.41) is 4.10. The highest BCUT2D eigenvalue weighted by Crippen LogP contribution is 2.17. The van der Waals surface area contributed by atoms with Gasteiger partial charge in [0.25, 0.3) is 0 Å². The van der Waals surface area contributed by atoms with Crippen molar-refractivity contribution < 1.29 is 8.78 Å². The van der Waals surface area contributed by atoms with Crippen LogP contribution in [0, 0.1) is 11.6 Å². The Kier molecular flexibility index (Phi) is 4.21. The smallest absolute Gasteiger partial charge is 0.159 e. The molecule has 0 fully saturated rings. The highest BCUT2D eigenvalue weighted by molar-refractivity contribution is 5.21. The largest absolute Gasteiger partial charge is 0.324 e. The summed E-state index contributed by atoms with van der Waals surface area (Å²) in [5.74, 6) is -1.01. The molecule has 2 rings (SSSR count). The van der Waals surface area contributed by atoms with Crippen molar-refractivity contribution in [3.8, 4) is 0 Å². The molecule has 1 aromatic heterocycles. The average molecular weight is 266 g/mol. The second kappa shape index (κ2) is 5.88. The van der Waals surface area contributed by atoms with Crippen molar-refractivity contribution in [3.05, 3.63) is 47.5 Å². The molecule has 0 aliphatic heterocycles. The lowest BCUT2D eigenvalue weighted by molar-refractivity contribution is 0.503. The summed E-state index contributed by atoms with van der Waals surface area (Å²) in [7, 11) is 0. The van der Waals surface area contributed by atoms with E-state index in [1.54, 1.807) is 4.68 Å². The van der Waals surface area contributed by atoms with E-state index >= 15 is 0 Å². The topological polar surface area (TPSA) is 56.7 Å². The van der Waals surface area contributed by atoms with E-state index in [1.807, 2.05) is 6.92 Å². The Morgan fingerprint density at radius 2 is 2.11 bits per heavy atom. The minimum absolute atomic E-state index is 0.435. The van der Waals surface area contributed by atoms with Crippen molar-refractivity contribution in [2.24, 2.45) is 5.73 Å². The van der Waals surface area contributed by atoms with Crippen LogP contribution < -0.4 is 5.73 Å². The van der Waals surface area contributed by atoms with Crippen LogP contribution in [0.3, 0.4) is 0 Å². The number of hydrogen-bond donors (Lipinski definition) is 1. The number of benzene rings is 1. The molecule has 4 nitrogen and oxygen atoms in total. The van der Waals surface area contributed by atoms with Gasteiger partial charge in [0.2, 0.25) is 0 Å². The maximum atomic E-state index is 13.2. The predicted molar refractivity (Wildman–Crippen MR) is 67.3 cm³/mol. The van der Waals surface area contributed by atoms with Gasteiger partial charge in [-0.05, 0) is 24.1 Å². The fourth-order valence-electron chi connectivity index (χ4n) is 1.90. The lowest BCUT2D eigenvalue weighted by atomic mass is 10.0. The Balaban J connectivity index is 2.13. The Labute approximate surface area is 110 Å². The summed E-state index contributed by atoms with van der Waals surface area (Å²) < 4.78 is 27.8. The highest BCUT2D eigenvalue weighted by atomic mass is 19.2. The Bertz CT molecular complexity index is 553. The Morgan fingerprint density at radius 3 is 2.79 bits per heavy atom. The van der Waals surface area contributed by atoms with E-state index in [4.69, 9.17) is 5.73 Å². The van der Waals surface area contributed by atoms with Crippen LogP contribution in [0.2, 0.25) is 0 Å². The highest BCUT2D eigenvalue weighted by Gasteiger charge is 2.13. The maximum Gasteiger partial charge on any atom is 0.159 e. The molecule has 0 saturated carbocycles. The molecule has 102 valence electrons. The molecule has 1 unspecified atom stereocenters. The van der Waals surface area contributed by atoms with Crippen LogP contribution in [0.25, 0.3) is 0 Å². The lowest BCUT2D eigenvalue weighted by Crippen LogP contribution is -2.17. The molecular formula is C13H16F2N4. The van der Waals surface area contributed by atoms with Gasteiger partial charge in [-0.3, -0.25) is 4.68 Å². The number of aromatic nitrogens is 3. The van der Waals surface area contributed by atoms with Gasteiger partial charge < -0.3 is 5.73 Å². The molecule has 0 radical (unpaired) electrons. The second-order valence-corrected chi connectivity index (χ2v) is 4.38. The van der Waals surface area contributed by atoms with Gasteiger partial charge in [0, 0.05) is 19.0 Å². The van der Waals surface area contributed by atoms with Crippen LogP contribution >= 0.6 is 0 Å². The molecule has 2 N–H and O–H groups in total. The standard InChI is InChI=1S/C13H16F2N4/c1-2-5-19-13(17-8-18-19)7-12(16)9-3-4-10(14)11(15)6-9/h3-4,6,8,12H,2,5,7,16H2,1H3. The first-order chi connectivity index (χ1) is 9.11. The first-order valence-corrected chi connectivity index (χ1v) is 6.19. The fourth-order valence-corrected chi connectivity index (χ4v) is 1.90. The van der Waals surface area contributed by atoms with Crippen molar-refractivity contribution in [2.45, 2.75) is 32.4 Å². The Hall–Kier alpha value is -1.82. The first-order valence-electron chi connectivity index (χ1n) is 6.19. The van der Waals surface area contributed by atoms with Crippen LogP contribution in [-0.2, 0) is 13.0 Å². The van der Waals surface area contributed by atoms with Gasteiger partial charge >= 0.3 is 0 Å². The SMILES string of the molecule is CCCn1ncnc1CC(N)c1ccc(F)c(F)c1. The quantitative estimate of drug-likeness (QED) is 0.902. The van der Waals surface area contributed by atoms with Crippen molar-refractivity contribution in [1.29, 1.82) is 0 Å². The fraction of sp³-hybridized carbons (Fsp3) is 0.385. The van der Waals surface area contributed by atoms with Crippen molar-refractivity contribution in [1.82, 2.24) is 14.8 Å². The van der Waals surface area contributed by atoms with E-state index in [2.05, 4.69) is 10.1 Å². The molecule has 0 bridgehead atoms. The molecule has 1 aromatic carbocycles. The van der Waals surface area contributed by atoms with Gasteiger partial charge in [-0.2, -0.15) is 5.10 Å². The monoisotopic (exact) mass is 266 g/mol. The number of nitrogens with zero attached hydrogens (tertiary/aromatic N) is 3. The minimum Gasteiger partial charge on any atom is -0.324 e. The van der Waals surface area contributed by atoms with Crippen LogP contribution in [0.4, 0.5) is 8.78 Å². The van der Waals surface area contributed by atoms with Gasteiger partial charge in [-0.25, -0.2) is 13.8 Å². The predicted octanol–water partition coefficient (Wildman–Crippen LogP) is 2.21. The van der Waals surface area contributed by atoms with Crippen molar-refractivity contribution in [3.63, 3.8) is 0 Å². The summed E-state index contributed by atoms with van der Waals surface area (Å²) >= 11 is 0. The third-order valence-electron chi connectivity index (χ3n) is 2.91. The number of aryl methyl sites for hydroxylation is 1. The van der Waals surface area contributed by atoms with E-state index in [0.717, 1.165) is 30.9 Å². The maximum absolute atomic E-state index is 13.2. The molecule has 1 heterocycles. The Morgan fingerprint density at radius 1 is 1.32 bits per heavy atom. The summed E-state index contributed by atoms with van der Waals surface area (Å²) in [6.45, 7) is 2.81. The molecule has 0 saturated heterocycles. The van der Waals surface area contributed by atoms with Crippen LogP contribution in [0.5, 0.6) is 0 Å². The van der Waals surface area contributed by atoms with Gasteiger partial charge in [0.1, 0.15) is 12.2 Å². The zero-order valence-corrected chi connectivity index (χ0v) is 10.7. The first kappa shape index (κ1) is 13.6. The van der Waals surface area contributed by atoms with E-state index in [-0.39, 0.29) is 0 Å². The molecule has 0 spiro atoms.